The highest BCUT2D eigenvalue weighted by Gasteiger charge is 2.19. The topological polar surface area (TPSA) is 26.3 Å². The van der Waals surface area contributed by atoms with Crippen molar-refractivity contribution in [3.05, 3.63) is 121 Å². The first-order valence-corrected chi connectivity index (χ1v) is 11.4. The Hall–Kier alpha value is -4.56. The van der Waals surface area contributed by atoms with Crippen molar-refractivity contribution in [3.63, 3.8) is 0 Å². The van der Waals surface area contributed by atoms with Crippen molar-refractivity contribution in [2.45, 2.75) is 0 Å². The van der Waals surface area contributed by atoms with Gasteiger partial charge in [0, 0.05) is 32.7 Å². The fourth-order valence-electron chi connectivity index (χ4n) is 4.92. The zero-order valence-electron chi connectivity index (χ0n) is 18.4. The van der Waals surface area contributed by atoms with Crippen LogP contribution in [0.4, 0.5) is 0 Å². The third kappa shape index (κ3) is 2.89. The lowest BCUT2D eigenvalue weighted by molar-refractivity contribution is 0.602. The lowest BCUT2D eigenvalue weighted by Gasteiger charge is -2.08. The second-order valence-corrected chi connectivity index (χ2v) is 8.53. The second-order valence-electron chi connectivity index (χ2n) is 8.53. The molecule has 0 unspecified atom stereocenters. The summed E-state index contributed by atoms with van der Waals surface area (Å²) in [4.78, 5) is 0. The third-order valence-corrected chi connectivity index (χ3v) is 6.52. The minimum atomic E-state index is 0.876. The largest absolute Gasteiger partial charge is 0.456 e. The Kier molecular flexibility index (Phi) is 4.18. The summed E-state index contributed by atoms with van der Waals surface area (Å²) < 4.78 is 12.7. The summed E-state index contributed by atoms with van der Waals surface area (Å²) in [6.45, 7) is 0. The molecule has 0 saturated carbocycles. The maximum Gasteiger partial charge on any atom is 0.143 e. The van der Waals surface area contributed by atoms with Gasteiger partial charge in [0.1, 0.15) is 22.7 Å². The van der Waals surface area contributed by atoms with Crippen molar-refractivity contribution in [2.75, 3.05) is 0 Å². The van der Waals surface area contributed by atoms with Crippen molar-refractivity contribution in [2.24, 2.45) is 0 Å². The highest BCUT2D eigenvalue weighted by molar-refractivity contribution is 6.09. The molecule has 0 N–H and O–H groups in total. The smallest absolute Gasteiger partial charge is 0.143 e. The van der Waals surface area contributed by atoms with Crippen molar-refractivity contribution in [1.82, 2.24) is 0 Å². The highest BCUT2D eigenvalue weighted by Crippen LogP contribution is 2.43. The zero-order valence-corrected chi connectivity index (χ0v) is 18.4. The SMILES string of the molecule is c1ccc(-c2ccccc2-c2oc(-c3ccc4oc5ccccc5c4c3)c3ccccc23)cc1. The van der Waals surface area contributed by atoms with Crippen LogP contribution in [-0.2, 0) is 0 Å². The van der Waals surface area contributed by atoms with E-state index in [0.29, 0.717) is 0 Å². The molecule has 0 aliphatic carbocycles. The van der Waals surface area contributed by atoms with Crippen LogP contribution in [-0.4, -0.2) is 0 Å². The Labute approximate surface area is 196 Å². The second kappa shape index (κ2) is 7.50. The maximum atomic E-state index is 6.71. The summed E-state index contributed by atoms with van der Waals surface area (Å²) in [7, 11) is 0. The van der Waals surface area contributed by atoms with Crippen molar-refractivity contribution >= 4 is 32.7 Å². The quantitative estimate of drug-likeness (QED) is 0.276. The van der Waals surface area contributed by atoms with Gasteiger partial charge in [-0.1, -0.05) is 97.1 Å². The van der Waals surface area contributed by atoms with Crippen LogP contribution in [0.25, 0.3) is 66.5 Å². The third-order valence-electron chi connectivity index (χ3n) is 6.52. The molecule has 160 valence electrons. The molecule has 7 rings (SSSR count). The van der Waals surface area contributed by atoms with E-state index in [1.165, 1.54) is 5.56 Å². The van der Waals surface area contributed by atoms with Crippen LogP contribution in [0.1, 0.15) is 0 Å². The molecule has 2 heteroatoms. The Balaban J connectivity index is 1.48. The van der Waals surface area contributed by atoms with Gasteiger partial charge in [0.25, 0.3) is 0 Å². The average molecular weight is 437 g/mol. The van der Waals surface area contributed by atoms with E-state index < -0.39 is 0 Å². The molecular weight excluding hydrogens is 416 g/mol. The lowest BCUT2D eigenvalue weighted by atomic mass is 9.96. The summed E-state index contributed by atoms with van der Waals surface area (Å²) in [6, 6.07) is 41.8. The normalized spacial score (nSPS) is 11.5. The summed E-state index contributed by atoms with van der Waals surface area (Å²) in [5.41, 5.74) is 6.24. The molecular formula is C32H20O2. The molecule has 0 saturated heterocycles. The fourth-order valence-corrected chi connectivity index (χ4v) is 4.92. The number of rotatable bonds is 3. The number of fused-ring (bicyclic) bond motifs is 4. The van der Waals surface area contributed by atoms with Crippen LogP contribution in [0.3, 0.4) is 0 Å². The van der Waals surface area contributed by atoms with E-state index >= 15 is 0 Å². The van der Waals surface area contributed by atoms with Gasteiger partial charge in [-0.25, -0.2) is 0 Å². The Morgan fingerprint density at radius 3 is 1.79 bits per heavy atom. The first kappa shape index (κ1) is 19.0. The van der Waals surface area contributed by atoms with E-state index in [2.05, 4.69) is 91.0 Å². The first-order chi connectivity index (χ1) is 16.9. The van der Waals surface area contributed by atoms with Crippen LogP contribution in [0.2, 0.25) is 0 Å². The van der Waals surface area contributed by atoms with Crippen molar-refractivity contribution in [3.8, 4) is 33.8 Å². The molecule has 0 bridgehead atoms. The molecule has 0 radical (unpaired) electrons. The summed E-state index contributed by atoms with van der Waals surface area (Å²) in [5.74, 6) is 1.77. The predicted molar refractivity (Wildman–Crippen MR) is 140 cm³/mol. The molecule has 0 atom stereocenters. The fraction of sp³-hybridized carbons (Fsp3) is 0. The molecule has 2 heterocycles. The molecule has 0 fully saturated rings. The standard InChI is InChI=1S/C32H20O2/c1-2-10-21(11-3-1)23-12-4-5-14-25(23)32-27-16-7-6-15-26(27)31(34-32)22-18-19-30-28(20-22)24-13-8-9-17-29(24)33-30/h1-20H. The van der Waals surface area contributed by atoms with Crippen molar-refractivity contribution in [1.29, 1.82) is 0 Å². The van der Waals surface area contributed by atoms with Gasteiger partial charge in [-0.15, -0.1) is 0 Å². The van der Waals surface area contributed by atoms with Gasteiger partial charge >= 0.3 is 0 Å². The van der Waals surface area contributed by atoms with Gasteiger partial charge in [-0.05, 0) is 35.4 Å². The minimum absolute atomic E-state index is 0.876. The highest BCUT2D eigenvalue weighted by atomic mass is 16.3. The van der Waals surface area contributed by atoms with Gasteiger partial charge < -0.3 is 8.83 Å². The van der Waals surface area contributed by atoms with Crippen LogP contribution in [0.5, 0.6) is 0 Å². The Bertz CT molecular complexity index is 1800. The number of furan rings is 2. The molecule has 2 aromatic heterocycles. The maximum absolute atomic E-state index is 6.71. The lowest BCUT2D eigenvalue weighted by Crippen LogP contribution is -1.83. The van der Waals surface area contributed by atoms with Gasteiger partial charge in [0.05, 0.1) is 0 Å². The van der Waals surface area contributed by atoms with Crippen LogP contribution < -0.4 is 0 Å². The number of hydrogen-bond donors (Lipinski definition) is 0. The zero-order chi connectivity index (χ0) is 22.5. The molecule has 0 aliphatic heterocycles. The molecule has 2 nitrogen and oxygen atoms in total. The molecule has 0 spiro atoms. The molecule has 0 amide bonds. The Morgan fingerprint density at radius 1 is 0.353 bits per heavy atom. The van der Waals surface area contributed by atoms with Gasteiger partial charge in [0.15, 0.2) is 0 Å². The van der Waals surface area contributed by atoms with Crippen molar-refractivity contribution < 1.29 is 8.83 Å². The van der Waals surface area contributed by atoms with E-state index in [1.807, 2.05) is 30.3 Å². The summed E-state index contributed by atoms with van der Waals surface area (Å²) >= 11 is 0. The minimum Gasteiger partial charge on any atom is -0.456 e. The molecule has 0 aliphatic rings. The Morgan fingerprint density at radius 2 is 0.971 bits per heavy atom. The molecule has 7 aromatic rings. The number of benzene rings is 5. The van der Waals surface area contributed by atoms with Gasteiger partial charge in [-0.3, -0.25) is 0 Å². The predicted octanol–water partition coefficient (Wildman–Crippen LogP) is 9.33. The van der Waals surface area contributed by atoms with Crippen LogP contribution in [0.15, 0.2) is 130 Å². The number of para-hydroxylation sites is 1. The van der Waals surface area contributed by atoms with E-state index in [9.17, 15) is 0 Å². The van der Waals surface area contributed by atoms with E-state index in [4.69, 9.17) is 8.83 Å². The first-order valence-electron chi connectivity index (χ1n) is 11.4. The summed E-state index contributed by atoms with van der Waals surface area (Å²) in [5, 5.41) is 4.43. The van der Waals surface area contributed by atoms with Crippen LogP contribution >= 0.6 is 0 Å². The van der Waals surface area contributed by atoms with E-state index in [1.54, 1.807) is 0 Å². The average Bonchev–Trinajstić information content (AvgIpc) is 3.48. The van der Waals surface area contributed by atoms with E-state index in [-0.39, 0.29) is 0 Å². The summed E-state index contributed by atoms with van der Waals surface area (Å²) in [6.07, 6.45) is 0. The molecule has 34 heavy (non-hydrogen) atoms. The van der Waals surface area contributed by atoms with E-state index in [0.717, 1.165) is 60.9 Å². The van der Waals surface area contributed by atoms with Gasteiger partial charge in [-0.2, -0.15) is 0 Å². The van der Waals surface area contributed by atoms with Crippen LogP contribution in [0, 0.1) is 0 Å². The van der Waals surface area contributed by atoms with Gasteiger partial charge in [0.2, 0.25) is 0 Å². The number of hydrogen-bond acceptors (Lipinski definition) is 2. The molecule has 5 aromatic carbocycles. The monoisotopic (exact) mass is 436 g/mol.